The second-order valence-corrected chi connectivity index (χ2v) is 6.83. The zero-order chi connectivity index (χ0) is 17.6. The Hall–Kier alpha value is -2.92. The van der Waals surface area contributed by atoms with Crippen LogP contribution in [0.3, 0.4) is 0 Å². The first kappa shape index (κ1) is 15.6. The molecule has 1 aliphatic carbocycles. The number of likely N-dealkylation sites (N-methyl/N-ethyl adjacent to an activating group) is 1. The van der Waals surface area contributed by atoms with Crippen LogP contribution in [0.2, 0.25) is 0 Å². The molecule has 0 bridgehead atoms. The van der Waals surface area contributed by atoms with Gasteiger partial charge < -0.3 is 15.2 Å². The Kier molecular flexibility index (Phi) is 3.66. The number of H-pyrrole nitrogens is 1. The lowest BCUT2D eigenvalue weighted by atomic mass is 10.0. The number of carbonyl (C=O) groups is 1. The van der Waals surface area contributed by atoms with E-state index in [-0.39, 0.29) is 11.5 Å². The zero-order valence-corrected chi connectivity index (χ0v) is 14.3. The predicted molar refractivity (Wildman–Crippen MR) is 99.1 cm³/mol. The Labute approximate surface area is 145 Å². The Balaban J connectivity index is 1.73. The highest BCUT2D eigenvalue weighted by molar-refractivity contribution is 5.95. The van der Waals surface area contributed by atoms with Gasteiger partial charge in [0, 0.05) is 23.1 Å². The number of aromatic amines is 1. The van der Waals surface area contributed by atoms with Gasteiger partial charge in [-0.3, -0.25) is 9.59 Å². The van der Waals surface area contributed by atoms with Crippen LogP contribution in [0, 0.1) is 0 Å². The Morgan fingerprint density at radius 2 is 1.92 bits per heavy atom. The summed E-state index contributed by atoms with van der Waals surface area (Å²) in [5, 5.41) is 4.66. The lowest BCUT2D eigenvalue weighted by Crippen LogP contribution is -3.06. The molecule has 0 fully saturated rings. The Bertz CT molecular complexity index is 1050. The Morgan fingerprint density at radius 3 is 2.68 bits per heavy atom. The average Bonchev–Trinajstić information content (AvgIpc) is 2.92. The fourth-order valence-electron chi connectivity index (χ4n) is 3.53. The van der Waals surface area contributed by atoms with E-state index in [1.807, 2.05) is 56.6 Å². The first-order chi connectivity index (χ1) is 12.0. The molecule has 4 rings (SSSR count). The standard InChI is InChI=1S/C20H19N3O2/c1-23(2)11-18(24)21-13-7-8-14-12(9-13)10-17-15-5-3-4-6-16(15)20(25)22-19(14)17/h3-9H,10-11H2,1-2H3,(H,21,24)(H,22,25)/p+1. The molecule has 0 unspecified atom stereocenters. The van der Waals surface area contributed by atoms with Crippen molar-refractivity contribution in [3.05, 3.63) is 63.9 Å². The number of anilines is 1. The molecule has 3 N–H and O–H groups in total. The molecule has 0 spiro atoms. The van der Waals surface area contributed by atoms with Gasteiger partial charge in [0.15, 0.2) is 6.54 Å². The van der Waals surface area contributed by atoms with E-state index in [2.05, 4.69) is 10.3 Å². The smallest absolute Gasteiger partial charge is 0.279 e. The van der Waals surface area contributed by atoms with Crippen LogP contribution in [0.4, 0.5) is 5.69 Å². The van der Waals surface area contributed by atoms with E-state index < -0.39 is 0 Å². The lowest BCUT2D eigenvalue weighted by Gasteiger charge is -2.09. The molecule has 126 valence electrons. The normalized spacial score (nSPS) is 12.3. The highest BCUT2D eigenvalue weighted by Gasteiger charge is 2.23. The van der Waals surface area contributed by atoms with Gasteiger partial charge in [0.2, 0.25) is 0 Å². The van der Waals surface area contributed by atoms with E-state index in [4.69, 9.17) is 0 Å². The van der Waals surface area contributed by atoms with Crippen LogP contribution in [0.5, 0.6) is 0 Å². The first-order valence-corrected chi connectivity index (χ1v) is 8.39. The van der Waals surface area contributed by atoms with Crippen LogP contribution in [0.15, 0.2) is 47.3 Å². The average molecular weight is 334 g/mol. The van der Waals surface area contributed by atoms with Gasteiger partial charge in [-0.1, -0.05) is 24.3 Å². The highest BCUT2D eigenvalue weighted by atomic mass is 16.2. The van der Waals surface area contributed by atoms with Crippen molar-refractivity contribution in [1.29, 1.82) is 0 Å². The van der Waals surface area contributed by atoms with Crippen LogP contribution >= 0.6 is 0 Å². The summed E-state index contributed by atoms with van der Waals surface area (Å²) in [4.78, 5) is 28.4. The topological polar surface area (TPSA) is 66.4 Å². The summed E-state index contributed by atoms with van der Waals surface area (Å²) in [6.45, 7) is 0.426. The third-order valence-electron chi connectivity index (χ3n) is 4.58. The van der Waals surface area contributed by atoms with Gasteiger partial charge in [-0.05, 0) is 34.7 Å². The number of fused-ring (bicyclic) bond motifs is 5. The SMILES string of the molecule is C[NH+](C)CC(=O)Nc1ccc2c(c1)Cc1c-2[nH]c(=O)c2ccccc12. The number of carbonyl (C=O) groups excluding carboxylic acids is 1. The van der Waals surface area contributed by atoms with Crippen LogP contribution in [-0.2, 0) is 11.2 Å². The molecule has 3 aromatic rings. The molecule has 25 heavy (non-hydrogen) atoms. The summed E-state index contributed by atoms with van der Waals surface area (Å²) >= 11 is 0. The quantitative estimate of drug-likeness (QED) is 0.527. The molecule has 0 radical (unpaired) electrons. The van der Waals surface area contributed by atoms with Crippen molar-refractivity contribution in [1.82, 2.24) is 4.98 Å². The maximum absolute atomic E-state index is 12.3. The number of rotatable bonds is 3. The summed E-state index contributed by atoms with van der Waals surface area (Å²) in [5.41, 5.74) is 4.94. The van der Waals surface area contributed by atoms with E-state index in [1.165, 1.54) is 0 Å². The summed E-state index contributed by atoms with van der Waals surface area (Å²) in [6, 6.07) is 13.6. The zero-order valence-electron chi connectivity index (χ0n) is 14.3. The highest BCUT2D eigenvalue weighted by Crippen LogP contribution is 2.38. The largest absolute Gasteiger partial charge is 0.332 e. The third kappa shape index (κ3) is 2.72. The van der Waals surface area contributed by atoms with Crippen molar-refractivity contribution in [2.24, 2.45) is 0 Å². The number of benzene rings is 2. The van der Waals surface area contributed by atoms with Gasteiger partial charge in [-0.2, -0.15) is 0 Å². The molecule has 5 heteroatoms. The van der Waals surface area contributed by atoms with Crippen LogP contribution in [-0.4, -0.2) is 31.5 Å². The molecule has 0 atom stereocenters. The van der Waals surface area contributed by atoms with Crippen molar-refractivity contribution in [2.45, 2.75) is 6.42 Å². The first-order valence-electron chi connectivity index (χ1n) is 8.39. The van der Waals surface area contributed by atoms with Crippen molar-refractivity contribution in [3.63, 3.8) is 0 Å². The number of aromatic nitrogens is 1. The van der Waals surface area contributed by atoms with Gasteiger partial charge in [0.05, 0.1) is 19.8 Å². The number of pyridine rings is 1. The van der Waals surface area contributed by atoms with Crippen LogP contribution in [0.1, 0.15) is 11.1 Å². The van der Waals surface area contributed by atoms with Crippen molar-refractivity contribution >= 4 is 22.4 Å². The monoisotopic (exact) mass is 334 g/mol. The van der Waals surface area contributed by atoms with E-state index in [1.54, 1.807) is 0 Å². The van der Waals surface area contributed by atoms with Gasteiger partial charge in [0.25, 0.3) is 11.5 Å². The summed E-state index contributed by atoms with van der Waals surface area (Å²) in [7, 11) is 3.89. The third-order valence-corrected chi connectivity index (χ3v) is 4.58. The molecule has 0 saturated heterocycles. The number of hydrogen-bond acceptors (Lipinski definition) is 2. The second-order valence-electron chi connectivity index (χ2n) is 6.83. The number of hydrogen-bond donors (Lipinski definition) is 3. The fraction of sp³-hybridized carbons (Fsp3) is 0.200. The molecule has 1 amide bonds. The number of quaternary nitrogens is 1. The summed E-state index contributed by atoms with van der Waals surface area (Å²) in [6.07, 6.45) is 0.755. The van der Waals surface area contributed by atoms with E-state index in [0.717, 1.165) is 50.2 Å². The molecular formula is C20H20N3O2+. The van der Waals surface area contributed by atoms with Crippen molar-refractivity contribution < 1.29 is 9.69 Å². The maximum atomic E-state index is 12.3. The molecule has 5 nitrogen and oxygen atoms in total. The predicted octanol–water partition coefficient (Wildman–Crippen LogP) is 1.18. The molecule has 0 aliphatic heterocycles. The van der Waals surface area contributed by atoms with Gasteiger partial charge in [-0.15, -0.1) is 0 Å². The van der Waals surface area contributed by atoms with E-state index in [0.29, 0.717) is 6.54 Å². The molecule has 1 heterocycles. The minimum Gasteiger partial charge on any atom is -0.332 e. The Morgan fingerprint density at radius 1 is 1.16 bits per heavy atom. The van der Waals surface area contributed by atoms with Crippen molar-refractivity contribution in [3.8, 4) is 11.3 Å². The van der Waals surface area contributed by atoms with E-state index in [9.17, 15) is 9.59 Å². The summed E-state index contributed by atoms with van der Waals surface area (Å²) in [5.74, 6) is -0.00526. The molecule has 1 aromatic heterocycles. The number of amides is 1. The van der Waals surface area contributed by atoms with E-state index >= 15 is 0 Å². The molecule has 0 saturated carbocycles. The second kappa shape index (κ2) is 5.86. The lowest BCUT2D eigenvalue weighted by molar-refractivity contribution is -0.849. The van der Waals surface area contributed by atoms with Crippen molar-refractivity contribution in [2.75, 3.05) is 26.0 Å². The van der Waals surface area contributed by atoms with Crippen LogP contribution < -0.4 is 15.8 Å². The minimum atomic E-state index is -0.0615. The molecule has 2 aromatic carbocycles. The maximum Gasteiger partial charge on any atom is 0.279 e. The van der Waals surface area contributed by atoms with Gasteiger partial charge in [0.1, 0.15) is 0 Å². The summed E-state index contributed by atoms with van der Waals surface area (Å²) < 4.78 is 0. The number of nitrogens with one attached hydrogen (secondary N) is 3. The molecular weight excluding hydrogens is 314 g/mol. The van der Waals surface area contributed by atoms with Crippen LogP contribution in [0.25, 0.3) is 22.0 Å². The van der Waals surface area contributed by atoms with Gasteiger partial charge >= 0.3 is 0 Å². The minimum absolute atomic E-state index is 0.00526. The van der Waals surface area contributed by atoms with Gasteiger partial charge in [-0.25, -0.2) is 0 Å². The molecule has 1 aliphatic rings. The fourth-order valence-corrected chi connectivity index (χ4v) is 3.53.